The van der Waals surface area contributed by atoms with Crippen LogP contribution in [0.15, 0.2) is 24.3 Å². The number of hydrogen-bond acceptors (Lipinski definition) is 3. The first kappa shape index (κ1) is 10.8. The number of fused-ring (bicyclic) bond motifs is 1. The van der Waals surface area contributed by atoms with Crippen LogP contribution in [-0.2, 0) is 19.7 Å². The second-order valence-corrected chi connectivity index (χ2v) is 5.03. The van der Waals surface area contributed by atoms with E-state index in [1.807, 2.05) is 12.1 Å². The van der Waals surface area contributed by atoms with Crippen molar-refractivity contribution in [3.63, 3.8) is 0 Å². The van der Waals surface area contributed by atoms with Gasteiger partial charge in [-0.3, -0.25) is 4.79 Å². The van der Waals surface area contributed by atoms with E-state index in [0.717, 1.165) is 6.42 Å². The molecule has 2 saturated heterocycles. The Balaban J connectivity index is 2.02. The van der Waals surface area contributed by atoms with Gasteiger partial charge in [-0.05, 0) is 24.5 Å². The fraction of sp³-hybridized carbons (Fsp3) is 0.500. The van der Waals surface area contributed by atoms with Crippen molar-refractivity contribution < 1.29 is 14.3 Å². The Morgan fingerprint density at radius 2 is 2.24 bits per heavy atom. The molecule has 3 heteroatoms. The van der Waals surface area contributed by atoms with Crippen molar-refractivity contribution in [3.05, 3.63) is 35.4 Å². The van der Waals surface area contributed by atoms with Crippen molar-refractivity contribution in [1.82, 2.24) is 0 Å². The maximum Gasteiger partial charge on any atom is 0.312 e. The van der Waals surface area contributed by atoms with Crippen molar-refractivity contribution in [1.29, 1.82) is 0 Å². The molecule has 0 radical (unpaired) electrons. The fourth-order valence-electron chi connectivity index (χ4n) is 3.35. The molecule has 2 aliphatic heterocycles. The van der Waals surface area contributed by atoms with E-state index >= 15 is 0 Å². The van der Waals surface area contributed by atoms with E-state index in [1.165, 1.54) is 18.2 Å². The molecule has 2 heterocycles. The van der Waals surface area contributed by atoms with E-state index in [0.29, 0.717) is 6.61 Å². The first-order chi connectivity index (χ1) is 8.19. The Morgan fingerprint density at radius 3 is 2.88 bits per heavy atom. The number of hydrogen-bond donors (Lipinski definition) is 0. The van der Waals surface area contributed by atoms with Crippen LogP contribution in [0.2, 0.25) is 0 Å². The predicted molar refractivity (Wildman–Crippen MR) is 62.7 cm³/mol. The van der Waals surface area contributed by atoms with Crippen molar-refractivity contribution in [3.8, 4) is 0 Å². The summed E-state index contributed by atoms with van der Waals surface area (Å²) in [6, 6.07) is 8.24. The predicted octanol–water partition coefficient (Wildman–Crippen LogP) is 1.82. The second-order valence-electron chi connectivity index (χ2n) is 5.03. The molecule has 0 spiro atoms. The molecule has 0 N–H and O–H groups in total. The average molecular weight is 232 g/mol. The van der Waals surface area contributed by atoms with Gasteiger partial charge in [0, 0.05) is 5.41 Å². The highest BCUT2D eigenvalue weighted by Crippen LogP contribution is 2.57. The lowest BCUT2D eigenvalue weighted by molar-refractivity contribution is -0.154. The molecule has 0 unspecified atom stereocenters. The van der Waals surface area contributed by atoms with Gasteiger partial charge >= 0.3 is 5.97 Å². The van der Waals surface area contributed by atoms with Gasteiger partial charge < -0.3 is 9.47 Å². The van der Waals surface area contributed by atoms with E-state index in [2.05, 4.69) is 19.1 Å². The van der Waals surface area contributed by atoms with Crippen LogP contribution in [0, 0.1) is 12.8 Å². The summed E-state index contributed by atoms with van der Waals surface area (Å²) in [6.45, 7) is 2.73. The minimum atomic E-state index is -0.137. The third-order valence-corrected chi connectivity index (χ3v) is 4.22. The molecule has 2 bridgehead atoms. The lowest BCUT2D eigenvalue weighted by Gasteiger charge is -2.43. The largest absolute Gasteiger partial charge is 0.469 e. The molecule has 4 rings (SSSR count). The Morgan fingerprint density at radius 1 is 1.47 bits per heavy atom. The summed E-state index contributed by atoms with van der Waals surface area (Å²) in [5.41, 5.74) is 2.33. The van der Waals surface area contributed by atoms with E-state index in [9.17, 15) is 4.79 Å². The first-order valence-electron chi connectivity index (χ1n) is 5.94. The zero-order valence-corrected chi connectivity index (χ0v) is 10.1. The summed E-state index contributed by atoms with van der Waals surface area (Å²) in [6.07, 6.45) is 1.000. The van der Waals surface area contributed by atoms with Gasteiger partial charge in [-0.15, -0.1) is 0 Å². The van der Waals surface area contributed by atoms with Crippen molar-refractivity contribution in [2.45, 2.75) is 24.9 Å². The second kappa shape index (κ2) is 3.57. The van der Waals surface area contributed by atoms with Crippen molar-refractivity contribution in [2.24, 2.45) is 5.92 Å². The molecule has 1 aromatic carbocycles. The van der Waals surface area contributed by atoms with E-state index < -0.39 is 0 Å². The lowest BCUT2D eigenvalue weighted by Crippen LogP contribution is -2.53. The summed E-state index contributed by atoms with van der Waals surface area (Å²) in [7, 11) is 1.45. The van der Waals surface area contributed by atoms with Gasteiger partial charge in [0.05, 0.1) is 25.7 Å². The molecule has 3 atom stereocenters. The Bertz CT molecular complexity index is 464. The van der Waals surface area contributed by atoms with Gasteiger partial charge in [-0.1, -0.05) is 24.3 Å². The summed E-state index contributed by atoms with van der Waals surface area (Å²) in [4.78, 5) is 11.8. The number of ether oxygens (including phenoxy) is 2. The van der Waals surface area contributed by atoms with Gasteiger partial charge in [0.15, 0.2) is 0 Å². The van der Waals surface area contributed by atoms with Gasteiger partial charge in [0.25, 0.3) is 0 Å². The molecule has 0 amide bonds. The minimum absolute atomic E-state index is 0.0575. The van der Waals surface area contributed by atoms with E-state index in [4.69, 9.17) is 9.47 Å². The third kappa shape index (κ3) is 1.29. The minimum Gasteiger partial charge on any atom is -0.469 e. The SMILES string of the molecule is COC(=O)[C@@H]1[C@H]2C[C@]1(c1ccccc1C)CO2. The van der Waals surface area contributed by atoms with E-state index in [1.54, 1.807) is 0 Å². The van der Waals surface area contributed by atoms with Crippen molar-refractivity contribution >= 4 is 5.97 Å². The van der Waals surface area contributed by atoms with Crippen LogP contribution in [-0.4, -0.2) is 25.8 Å². The maximum absolute atomic E-state index is 11.8. The number of benzene rings is 1. The molecular weight excluding hydrogens is 216 g/mol. The third-order valence-electron chi connectivity index (χ3n) is 4.22. The first-order valence-corrected chi connectivity index (χ1v) is 5.94. The molecular formula is C14H16O3. The van der Waals surface area contributed by atoms with Crippen LogP contribution < -0.4 is 0 Å². The average Bonchev–Trinajstić information content (AvgIpc) is 2.88. The maximum atomic E-state index is 11.8. The number of carbonyl (C=O) groups is 1. The quantitative estimate of drug-likeness (QED) is 0.730. The standard InChI is InChI=1S/C14H16O3/c1-9-5-3-4-6-10(9)14-7-11(17-8-14)12(14)13(15)16-2/h3-6,11-12H,7-8H2,1-2H3/t11-,12+,14-/m1/s1. The topological polar surface area (TPSA) is 35.5 Å². The van der Waals surface area contributed by atoms with Gasteiger partial charge in [0.2, 0.25) is 0 Å². The molecule has 1 aromatic rings. The zero-order valence-electron chi connectivity index (χ0n) is 10.1. The molecule has 3 fully saturated rings. The molecule has 0 aromatic heterocycles. The van der Waals surface area contributed by atoms with Crippen LogP contribution in [0.1, 0.15) is 17.5 Å². The van der Waals surface area contributed by atoms with Crippen LogP contribution >= 0.6 is 0 Å². The molecule has 17 heavy (non-hydrogen) atoms. The number of aryl methyl sites for hydroxylation is 1. The lowest BCUT2D eigenvalue weighted by atomic mass is 9.57. The van der Waals surface area contributed by atoms with Crippen LogP contribution in [0.25, 0.3) is 0 Å². The Labute approximate surface area is 101 Å². The number of methoxy groups -OCH3 is 1. The van der Waals surface area contributed by atoms with E-state index in [-0.39, 0.29) is 23.4 Å². The number of rotatable bonds is 2. The van der Waals surface area contributed by atoms with Crippen LogP contribution in [0.5, 0.6) is 0 Å². The van der Waals surface area contributed by atoms with Gasteiger partial charge in [-0.25, -0.2) is 0 Å². The molecule has 3 aliphatic rings. The highest BCUT2D eigenvalue weighted by Gasteiger charge is 2.65. The Hall–Kier alpha value is -1.35. The molecule has 90 valence electrons. The monoisotopic (exact) mass is 232 g/mol. The molecule has 1 aliphatic carbocycles. The molecule has 1 saturated carbocycles. The molecule has 3 nitrogen and oxygen atoms in total. The van der Waals surface area contributed by atoms with Gasteiger partial charge in [0.1, 0.15) is 0 Å². The normalized spacial score (nSPS) is 34.2. The summed E-state index contributed by atoms with van der Waals surface area (Å²) < 4.78 is 10.6. The summed E-state index contributed by atoms with van der Waals surface area (Å²) in [5.74, 6) is -0.254. The number of carbonyl (C=O) groups excluding carboxylic acids is 1. The van der Waals surface area contributed by atoms with Crippen molar-refractivity contribution in [2.75, 3.05) is 13.7 Å². The highest BCUT2D eigenvalue weighted by atomic mass is 16.5. The van der Waals surface area contributed by atoms with Gasteiger partial charge in [-0.2, -0.15) is 0 Å². The van der Waals surface area contributed by atoms with Crippen LogP contribution in [0.4, 0.5) is 0 Å². The van der Waals surface area contributed by atoms with Crippen LogP contribution in [0.3, 0.4) is 0 Å². The smallest absolute Gasteiger partial charge is 0.312 e. The zero-order chi connectivity index (χ0) is 12.0. The number of esters is 1. The Kier molecular flexibility index (Phi) is 2.26. The summed E-state index contributed by atoms with van der Waals surface area (Å²) >= 11 is 0. The fourth-order valence-corrected chi connectivity index (χ4v) is 3.35. The summed E-state index contributed by atoms with van der Waals surface area (Å²) in [5, 5.41) is 0. The highest BCUT2D eigenvalue weighted by molar-refractivity contribution is 5.78.